The Morgan fingerprint density at radius 2 is 1.35 bits per heavy atom. The predicted octanol–water partition coefficient (Wildman–Crippen LogP) is 3.15. The van der Waals surface area contributed by atoms with Crippen LogP contribution in [0.15, 0.2) is 42.5 Å². The van der Waals surface area contributed by atoms with Gasteiger partial charge in [-0.2, -0.15) is 0 Å². The van der Waals surface area contributed by atoms with Crippen LogP contribution in [-0.2, 0) is 0 Å². The lowest BCUT2D eigenvalue weighted by Crippen LogP contribution is -2.15. The second-order valence-electron chi connectivity index (χ2n) is 3.64. The third kappa shape index (κ3) is 2.17. The van der Waals surface area contributed by atoms with Gasteiger partial charge in [0.1, 0.15) is 5.82 Å². The van der Waals surface area contributed by atoms with Crippen molar-refractivity contribution in [1.82, 2.24) is 0 Å². The molecule has 17 heavy (non-hydrogen) atoms. The first-order chi connectivity index (χ1) is 8.11. The molecule has 0 fully saturated rings. The van der Waals surface area contributed by atoms with Crippen molar-refractivity contribution in [3.05, 3.63) is 71.0 Å². The highest BCUT2D eigenvalue weighted by Crippen LogP contribution is 2.25. The molecule has 0 aliphatic rings. The number of benzene rings is 2. The normalized spacial score (nSPS) is 12.5. The highest BCUT2D eigenvalue weighted by Gasteiger charge is 2.18. The zero-order chi connectivity index (χ0) is 12.4. The van der Waals surface area contributed by atoms with E-state index in [0.29, 0.717) is 0 Å². The zero-order valence-corrected chi connectivity index (χ0v) is 8.83. The van der Waals surface area contributed by atoms with Crippen molar-refractivity contribution in [3.8, 4) is 0 Å². The standard InChI is InChI=1S/C13H10F3N/c14-10-6-2-1-4-8(10)13(17)9-5-3-7-11(15)12(9)16/h1-7,13H,17H2. The molecule has 0 saturated carbocycles. The van der Waals surface area contributed by atoms with E-state index < -0.39 is 23.5 Å². The third-order valence-electron chi connectivity index (χ3n) is 2.56. The molecule has 2 N–H and O–H groups in total. The lowest BCUT2D eigenvalue weighted by Gasteiger charge is -2.14. The molecule has 1 nitrogen and oxygen atoms in total. The van der Waals surface area contributed by atoms with Gasteiger partial charge in [0.25, 0.3) is 0 Å². The molecular weight excluding hydrogens is 227 g/mol. The predicted molar refractivity (Wildman–Crippen MR) is 58.8 cm³/mol. The monoisotopic (exact) mass is 237 g/mol. The Balaban J connectivity index is 2.48. The largest absolute Gasteiger partial charge is 0.320 e. The Morgan fingerprint density at radius 3 is 2.06 bits per heavy atom. The number of hydrogen-bond acceptors (Lipinski definition) is 1. The lowest BCUT2D eigenvalue weighted by atomic mass is 9.98. The van der Waals surface area contributed by atoms with Gasteiger partial charge in [0.05, 0.1) is 6.04 Å². The smallest absolute Gasteiger partial charge is 0.163 e. The van der Waals surface area contributed by atoms with Crippen LogP contribution in [-0.4, -0.2) is 0 Å². The molecule has 0 aromatic heterocycles. The lowest BCUT2D eigenvalue weighted by molar-refractivity contribution is 0.492. The molecule has 0 heterocycles. The van der Waals surface area contributed by atoms with Crippen LogP contribution >= 0.6 is 0 Å². The first-order valence-electron chi connectivity index (χ1n) is 5.05. The molecule has 0 aliphatic carbocycles. The van der Waals surface area contributed by atoms with Gasteiger partial charge in [-0.25, -0.2) is 13.2 Å². The second-order valence-corrected chi connectivity index (χ2v) is 3.64. The third-order valence-corrected chi connectivity index (χ3v) is 2.56. The SMILES string of the molecule is NC(c1ccccc1F)c1cccc(F)c1F. The summed E-state index contributed by atoms with van der Waals surface area (Å²) in [5.41, 5.74) is 5.82. The van der Waals surface area contributed by atoms with E-state index in [0.717, 1.165) is 6.07 Å². The van der Waals surface area contributed by atoms with Crippen LogP contribution in [0.25, 0.3) is 0 Å². The summed E-state index contributed by atoms with van der Waals surface area (Å²) in [7, 11) is 0. The van der Waals surface area contributed by atoms with Crippen LogP contribution in [0.3, 0.4) is 0 Å². The Labute approximate surface area is 96.7 Å². The van der Waals surface area contributed by atoms with Crippen LogP contribution in [0.4, 0.5) is 13.2 Å². The number of halogens is 3. The van der Waals surface area contributed by atoms with Crippen molar-refractivity contribution in [2.75, 3.05) is 0 Å². The van der Waals surface area contributed by atoms with E-state index in [9.17, 15) is 13.2 Å². The zero-order valence-electron chi connectivity index (χ0n) is 8.83. The number of hydrogen-bond donors (Lipinski definition) is 1. The minimum atomic E-state index is -1.04. The van der Waals surface area contributed by atoms with E-state index in [4.69, 9.17) is 5.73 Å². The number of nitrogens with two attached hydrogens (primary N) is 1. The average Bonchev–Trinajstić information content (AvgIpc) is 2.32. The Hall–Kier alpha value is -1.81. The molecule has 0 saturated heterocycles. The molecular formula is C13H10F3N. The maximum atomic E-state index is 13.5. The van der Waals surface area contributed by atoms with Crippen LogP contribution in [0, 0.1) is 17.5 Å². The van der Waals surface area contributed by atoms with E-state index in [1.165, 1.54) is 30.3 Å². The number of rotatable bonds is 2. The molecule has 0 aliphatic heterocycles. The fourth-order valence-corrected chi connectivity index (χ4v) is 1.66. The molecule has 0 amide bonds. The van der Waals surface area contributed by atoms with Crippen molar-refractivity contribution in [1.29, 1.82) is 0 Å². The molecule has 88 valence electrons. The fraction of sp³-hybridized carbons (Fsp3) is 0.0769. The van der Waals surface area contributed by atoms with E-state index in [-0.39, 0.29) is 11.1 Å². The van der Waals surface area contributed by atoms with Gasteiger partial charge in [0, 0.05) is 11.1 Å². The molecule has 2 rings (SSSR count). The first-order valence-corrected chi connectivity index (χ1v) is 5.05. The van der Waals surface area contributed by atoms with Crippen LogP contribution in [0.1, 0.15) is 17.2 Å². The Morgan fingerprint density at radius 1 is 0.765 bits per heavy atom. The van der Waals surface area contributed by atoms with Crippen molar-refractivity contribution >= 4 is 0 Å². The topological polar surface area (TPSA) is 26.0 Å². The van der Waals surface area contributed by atoms with E-state index >= 15 is 0 Å². The minimum absolute atomic E-state index is 0.0601. The molecule has 1 atom stereocenters. The highest BCUT2D eigenvalue weighted by atomic mass is 19.2. The van der Waals surface area contributed by atoms with Crippen LogP contribution in [0.2, 0.25) is 0 Å². The van der Waals surface area contributed by atoms with Crippen molar-refractivity contribution in [2.45, 2.75) is 6.04 Å². The molecule has 2 aromatic carbocycles. The maximum Gasteiger partial charge on any atom is 0.163 e. The van der Waals surface area contributed by atoms with Gasteiger partial charge in [0.15, 0.2) is 11.6 Å². The van der Waals surface area contributed by atoms with Crippen LogP contribution in [0.5, 0.6) is 0 Å². The summed E-state index contributed by atoms with van der Waals surface area (Å²) in [4.78, 5) is 0. The van der Waals surface area contributed by atoms with Gasteiger partial charge in [-0.15, -0.1) is 0 Å². The quantitative estimate of drug-likeness (QED) is 0.853. The highest BCUT2D eigenvalue weighted by molar-refractivity contribution is 5.33. The second kappa shape index (κ2) is 4.59. The summed E-state index contributed by atoms with van der Waals surface area (Å²) in [6.07, 6.45) is 0. The van der Waals surface area contributed by atoms with E-state index in [1.807, 2.05) is 0 Å². The van der Waals surface area contributed by atoms with Gasteiger partial charge < -0.3 is 5.73 Å². The maximum absolute atomic E-state index is 13.5. The van der Waals surface area contributed by atoms with Gasteiger partial charge in [-0.1, -0.05) is 30.3 Å². The summed E-state index contributed by atoms with van der Waals surface area (Å²) in [6.45, 7) is 0. The van der Waals surface area contributed by atoms with Gasteiger partial charge in [-0.05, 0) is 12.1 Å². The molecule has 4 heteroatoms. The molecule has 0 radical (unpaired) electrons. The molecule has 2 aromatic rings. The average molecular weight is 237 g/mol. The fourth-order valence-electron chi connectivity index (χ4n) is 1.66. The summed E-state index contributed by atoms with van der Waals surface area (Å²) in [5.74, 6) is -2.57. The summed E-state index contributed by atoms with van der Waals surface area (Å²) >= 11 is 0. The van der Waals surface area contributed by atoms with Gasteiger partial charge >= 0.3 is 0 Å². The van der Waals surface area contributed by atoms with Crippen molar-refractivity contribution in [3.63, 3.8) is 0 Å². The molecule has 0 spiro atoms. The van der Waals surface area contributed by atoms with Crippen molar-refractivity contribution in [2.24, 2.45) is 5.73 Å². The Bertz CT molecular complexity index is 540. The molecule has 1 unspecified atom stereocenters. The summed E-state index contributed by atoms with van der Waals surface area (Å²) < 4.78 is 40.0. The van der Waals surface area contributed by atoms with E-state index in [2.05, 4.69) is 0 Å². The van der Waals surface area contributed by atoms with E-state index in [1.54, 1.807) is 6.07 Å². The minimum Gasteiger partial charge on any atom is -0.320 e. The summed E-state index contributed by atoms with van der Waals surface area (Å²) in [5, 5.41) is 0. The first kappa shape index (κ1) is 11.7. The van der Waals surface area contributed by atoms with Gasteiger partial charge in [-0.3, -0.25) is 0 Å². The molecule has 0 bridgehead atoms. The van der Waals surface area contributed by atoms with Crippen LogP contribution < -0.4 is 5.73 Å². The summed E-state index contributed by atoms with van der Waals surface area (Å²) in [6, 6.07) is 8.43. The van der Waals surface area contributed by atoms with Gasteiger partial charge in [0.2, 0.25) is 0 Å². The Kier molecular flexibility index (Phi) is 3.15. The van der Waals surface area contributed by atoms with Crippen molar-refractivity contribution < 1.29 is 13.2 Å².